The second-order valence-electron chi connectivity index (χ2n) is 9.74. The van der Waals surface area contributed by atoms with Crippen molar-refractivity contribution >= 4 is 29.4 Å². The van der Waals surface area contributed by atoms with Crippen LogP contribution in [-0.2, 0) is 35.1 Å². The van der Waals surface area contributed by atoms with E-state index in [0.29, 0.717) is 75.5 Å². The third kappa shape index (κ3) is 9.88. The summed E-state index contributed by atoms with van der Waals surface area (Å²) in [7, 11) is 0. The standard InChI is InChI=1S/C27H40N4O8/c1-19(2)8-10-36-12-14-38-16-17-39-15-13-37-11-9-28-27(35)29-22-5-3-4-20-21(22)18-31(26(20)34)23-6-7-24(32)30-25(23)33/h3-5,19,23H,6-18H2,1-2H3,(H2,28,29,35)(H,30,32,33). The fraction of sp³-hybridized carbons (Fsp3) is 0.630. The molecule has 0 saturated carbocycles. The minimum atomic E-state index is -0.711. The summed E-state index contributed by atoms with van der Waals surface area (Å²) in [4.78, 5) is 50.4. The summed E-state index contributed by atoms with van der Waals surface area (Å²) < 4.78 is 21.8. The van der Waals surface area contributed by atoms with Gasteiger partial charge in [0.15, 0.2) is 0 Å². The molecule has 3 rings (SSSR count). The van der Waals surface area contributed by atoms with Gasteiger partial charge in [-0.15, -0.1) is 0 Å². The number of amides is 5. The van der Waals surface area contributed by atoms with Crippen LogP contribution in [0.25, 0.3) is 0 Å². The molecule has 12 nitrogen and oxygen atoms in total. The third-order valence-electron chi connectivity index (χ3n) is 6.32. The number of benzene rings is 1. The zero-order valence-electron chi connectivity index (χ0n) is 22.8. The van der Waals surface area contributed by atoms with Gasteiger partial charge in [0.1, 0.15) is 6.04 Å². The maximum Gasteiger partial charge on any atom is 0.319 e. The Kier molecular flexibility index (Phi) is 12.6. The van der Waals surface area contributed by atoms with Gasteiger partial charge in [0.05, 0.1) is 46.2 Å². The molecule has 2 heterocycles. The first-order valence-corrected chi connectivity index (χ1v) is 13.5. The molecule has 1 aromatic rings. The normalized spacial score (nSPS) is 16.9. The zero-order valence-corrected chi connectivity index (χ0v) is 22.8. The SMILES string of the molecule is CC(C)CCOCCOCCOCCOCCNC(=O)Nc1cccc2c1CN(C1CCC(=O)NC1=O)C2=O. The number of carbonyl (C=O) groups is 4. The van der Waals surface area contributed by atoms with E-state index in [1.165, 1.54) is 4.90 Å². The molecular formula is C27H40N4O8. The molecule has 1 atom stereocenters. The minimum absolute atomic E-state index is 0.178. The quantitative estimate of drug-likeness (QED) is 0.197. The molecule has 12 heteroatoms. The molecule has 2 aliphatic rings. The Labute approximate surface area is 229 Å². The van der Waals surface area contributed by atoms with E-state index in [9.17, 15) is 19.2 Å². The lowest BCUT2D eigenvalue weighted by atomic mass is 10.0. The molecule has 0 aromatic heterocycles. The van der Waals surface area contributed by atoms with Crippen molar-refractivity contribution in [2.45, 2.75) is 45.7 Å². The Morgan fingerprint density at radius 3 is 2.26 bits per heavy atom. The Morgan fingerprint density at radius 2 is 1.62 bits per heavy atom. The van der Waals surface area contributed by atoms with Crippen LogP contribution < -0.4 is 16.0 Å². The third-order valence-corrected chi connectivity index (χ3v) is 6.32. The maximum atomic E-state index is 12.9. The van der Waals surface area contributed by atoms with Gasteiger partial charge in [-0.05, 0) is 30.9 Å². The van der Waals surface area contributed by atoms with Crippen molar-refractivity contribution in [3.63, 3.8) is 0 Å². The van der Waals surface area contributed by atoms with Gasteiger partial charge in [-0.25, -0.2) is 4.79 Å². The van der Waals surface area contributed by atoms with Crippen molar-refractivity contribution in [1.29, 1.82) is 0 Å². The molecule has 0 aliphatic carbocycles. The number of ether oxygens (including phenoxy) is 4. The maximum absolute atomic E-state index is 12.9. The first-order valence-electron chi connectivity index (χ1n) is 13.5. The monoisotopic (exact) mass is 548 g/mol. The van der Waals surface area contributed by atoms with E-state index in [0.717, 1.165) is 13.0 Å². The number of anilines is 1. The predicted octanol–water partition coefficient (Wildman–Crippen LogP) is 1.68. The van der Waals surface area contributed by atoms with Gasteiger partial charge in [0.25, 0.3) is 5.91 Å². The van der Waals surface area contributed by atoms with E-state index in [2.05, 4.69) is 29.8 Å². The molecule has 5 amide bonds. The van der Waals surface area contributed by atoms with Crippen LogP contribution in [0.5, 0.6) is 0 Å². The van der Waals surface area contributed by atoms with Gasteiger partial charge in [-0.3, -0.25) is 19.7 Å². The van der Waals surface area contributed by atoms with E-state index in [4.69, 9.17) is 18.9 Å². The molecule has 216 valence electrons. The van der Waals surface area contributed by atoms with Gasteiger partial charge in [-0.2, -0.15) is 0 Å². The van der Waals surface area contributed by atoms with Crippen LogP contribution in [0.1, 0.15) is 49.0 Å². The number of hydrogen-bond acceptors (Lipinski definition) is 8. The highest BCUT2D eigenvalue weighted by molar-refractivity contribution is 6.06. The number of carbonyl (C=O) groups excluding carboxylic acids is 4. The molecule has 1 aromatic carbocycles. The fourth-order valence-corrected chi connectivity index (χ4v) is 4.19. The van der Waals surface area contributed by atoms with Crippen LogP contribution in [-0.4, -0.2) is 94.1 Å². The van der Waals surface area contributed by atoms with Crippen LogP contribution in [0.15, 0.2) is 18.2 Å². The molecule has 1 fully saturated rings. The lowest BCUT2D eigenvalue weighted by Crippen LogP contribution is -2.52. The minimum Gasteiger partial charge on any atom is -0.379 e. The van der Waals surface area contributed by atoms with Crippen molar-refractivity contribution in [3.05, 3.63) is 29.3 Å². The molecule has 1 saturated heterocycles. The average molecular weight is 549 g/mol. The van der Waals surface area contributed by atoms with Crippen molar-refractivity contribution in [3.8, 4) is 0 Å². The highest BCUT2D eigenvalue weighted by Gasteiger charge is 2.39. The van der Waals surface area contributed by atoms with Gasteiger partial charge in [-0.1, -0.05) is 19.9 Å². The van der Waals surface area contributed by atoms with Crippen LogP contribution in [0.3, 0.4) is 0 Å². The number of fused-ring (bicyclic) bond motifs is 1. The largest absolute Gasteiger partial charge is 0.379 e. The van der Waals surface area contributed by atoms with Gasteiger partial charge < -0.3 is 34.5 Å². The summed E-state index contributed by atoms with van der Waals surface area (Å²) in [5.74, 6) is -0.470. The number of rotatable bonds is 17. The Morgan fingerprint density at radius 1 is 0.974 bits per heavy atom. The summed E-state index contributed by atoms with van der Waals surface area (Å²) >= 11 is 0. The van der Waals surface area contributed by atoms with E-state index in [-0.39, 0.29) is 31.2 Å². The number of piperidine rings is 1. The van der Waals surface area contributed by atoms with Crippen LogP contribution in [0.2, 0.25) is 0 Å². The van der Waals surface area contributed by atoms with Crippen molar-refractivity contribution in [2.24, 2.45) is 5.92 Å². The molecular weight excluding hydrogens is 508 g/mol. The Hall–Kier alpha value is -3.06. The number of hydrogen-bond donors (Lipinski definition) is 3. The molecule has 2 aliphatic heterocycles. The number of nitrogens with zero attached hydrogens (tertiary/aromatic N) is 1. The number of imide groups is 1. The summed E-state index contributed by atoms with van der Waals surface area (Å²) in [5, 5.41) is 7.77. The summed E-state index contributed by atoms with van der Waals surface area (Å²) in [6, 6.07) is 3.91. The first kappa shape index (κ1) is 30.5. The molecule has 39 heavy (non-hydrogen) atoms. The van der Waals surface area contributed by atoms with Crippen molar-refractivity contribution in [2.75, 3.05) is 64.7 Å². The second kappa shape index (κ2) is 16.1. The molecule has 1 unspecified atom stereocenters. The Balaban J connectivity index is 1.25. The van der Waals surface area contributed by atoms with Gasteiger partial charge in [0, 0.05) is 42.9 Å². The highest BCUT2D eigenvalue weighted by atomic mass is 16.6. The molecule has 3 N–H and O–H groups in total. The van der Waals surface area contributed by atoms with Crippen molar-refractivity contribution < 1.29 is 38.1 Å². The van der Waals surface area contributed by atoms with E-state index in [1.807, 2.05) is 0 Å². The summed E-state index contributed by atoms with van der Waals surface area (Å²) in [5.41, 5.74) is 1.56. The van der Waals surface area contributed by atoms with Gasteiger partial charge >= 0.3 is 6.03 Å². The highest BCUT2D eigenvalue weighted by Crippen LogP contribution is 2.32. The van der Waals surface area contributed by atoms with E-state index >= 15 is 0 Å². The first-order chi connectivity index (χ1) is 18.9. The topological polar surface area (TPSA) is 145 Å². The van der Waals surface area contributed by atoms with Crippen molar-refractivity contribution in [1.82, 2.24) is 15.5 Å². The lowest BCUT2D eigenvalue weighted by Gasteiger charge is -2.29. The molecule has 0 spiro atoms. The van der Waals surface area contributed by atoms with Crippen LogP contribution in [0, 0.1) is 5.92 Å². The van der Waals surface area contributed by atoms with Gasteiger partial charge in [0.2, 0.25) is 11.8 Å². The van der Waals surface area contributed by atoms with Crippen LogP contribution >= 0.6 is 0 Å². The van der Waals surface area contributed by atoms with E-state index < -0.39 is 18.0 Å². The van der Waals surface area contributed by atoms with Crippen LogP contribution in [0.4, 0.5) is 10.5 Å². The smallest absolute Gasteiger partial charge is 0.319 e. The molecule has 0 bridgehead atoms. The predicted molar refractivity (Wildman–Crippen MR) is 142 cm³/mol. The second-order valence-corrected chi connectivity index (χ2v) is 9.74. The summed E-state index contributed by atoms with van der Waals surface area (Å²) in [6.45, 7) is 8.79. The van der Waals surface area contributed by atoms with E-state index in [1.54, 1.807) is 18.2 Å². The lowest BCUT2D eigenvalue weighted by molar-refractivity contribution is -0.136. The Bertz CT molecular complexity index is 987. The zero-order chi connectivity index (χ0) is 28.0. The average Bonchev–Trinajstić information content (AvgIpc) is 3.23. The number of urea groups is 1. The number of nitrogens with one attached hydrogen (secondary N) is 3. The molecule has 0 radical (unpaired) electrons. The summed E-state index contributed by atoms with van der Waals surface area (Å²) in [6.07, 6.45) is 1.51. The fourth-order valence-electron chi connectivity index (χ4n) is 4.19.